The number of aliphatic hydroxyl groups excluding tert-OH is 1. The molecule has 2 heterocycles. The third kappa shape index (κ3) is 3.63. The highest BCUT2D eigenvalue weighted by atomic mass is 19.1. The molecule has 2 fully saturated rings. The smallest absolute Gasteiger partial charge is 0.156 e. The van der Waals surface area contributed by atoms with Gasteiger partial charge in [-0.05, 0) is 67.2 Å². The maximum atomic E-state index is 16.5. The predicted octanol–water partition coefficient (Wildman–Crippen LogP) is 6.54. The van der Waals surface area contributed by atoms with Gasteiger partial charge in [-0.15, -0.1) is 0 Å². The third-order valence-corrected chi connectivity index (χ3v) is 8.30. The van der Waals surface area contributed by atoms with Crippen molar-refractivity contribution in [3.8, 4) is 11.1 Å². The lowest BCUT2D eigenvalue weighted by atomic mass is 9.59. The summed E-state index contributed by atoms with van der Waals surface area (Å²) in [6.45, 7) is 0. The van der Waals surface area contributed by atoms with E-state index in [0.717, 1.165) is 67.5 Å². The molecule has 0 radical (unpaired) electrons. The highest BCUT2D eigenvalue weighted by molar-refractivity contribution is 5.75. The number of rotatable bonds is 4. The van der Waals surface area contributed by atoms with Crippen LogP contribution in [-0.2, 0) is 6.42 Å². The van der Waals surface area contributed by atoms with Gasteiger partial charge in [0.15, 0.2) is 6.17 Å². The SMILES string of the molecule is OC1CC2(CCC2)Cc2nc(C3CCCC3)c(C(F)c3cncnc3)c(-c3ccc(F)cc3)c21. The summed E-state index contributed by atoms with van der Waals surface area (Å²) < 4.78 is 30.3. The van der Waals surface area contributed by atoms with Crippen LogP contribution in [0.25, 0.3) is 11.1 Å². The Hall–Kier alpha value is -2.73. The first-order valence-electron chi connectivity index (χ1n) is 12.4. The second kappa shape index (κ2) is 8.49. The quantitative estimate of drug-likeness (QED) is 0.479. The van der Waals surface area contributed by atoms with Crippen LogP contribution in [0, 0.1) is 11.2 Å². The van der Waals surface area contributed by atoms with E-state index in [9.17, 15) is 9.50 Å². The Morgan fingerprint density at radius 2 is 1.71 bits per heavy atom. The number of nitrogens with zero attached hydrogens (tertiary/aromatic N) is 3. The number of alkyl halides is 1. The van der Waals surface area contributed by atoms with Gasteiger partial charge in [0.2, 0.25) is 0 Å². The van der Waals surface area contributed by atoms with Crippen molar-refractivity contribution >= 4 is 0 Å². The second-order valence-electron chi connectivity index (χ2n) is 10.4. The zero-order valence-electron chi connectivity index (χ0n) is 19.2. The van der Waals surface area contributed by atoms with Crippen LogP contribution in [-0.4, -0.2) is 20.1 Å². The molecule has 1 spiro atoms. The number of aliphatic hydroxyl groups is 1. The molecule has 6 rings (SSSR count). The van der Waals surface area contributed by atoms with Gasteiger partial charge in [0.05, 0.1) is 11.8 Å². The van der Waals surface area contributed by atoms with Crippen molar-refractivity contribution in [1.29, 1.82) is 0 Å². The van der Waals surface area contributed by atoms with Gasteiger partial charge in [0.1, 0.15) is 12.1 Å². The number of fused-ring (bicyclic) bond motifs is 1. The predicted molar refractivity (Wildman–Crippen MR) is 125 cm³/mol. The number of halogens is 2. The number of hydrogen-bond donors (Lipinski definition) is 1. The lowest BCUT2D eigenvalue weighted by molar-refractivity contribution is 0.0246. The summed E-state index contributed by atoms with van der Waals surface area (Å²) in [6.07, 6.45) is 11.2. The van der Waals surface area contributed by atoms with Crippen LogP contribution < -0.4 is 0 Å². The number of benzene rings is 1. The lowest BCUT2D eigenvalue weighted by Crippen LogP contribution is -2.38. The van der Waals surface area contributed by atoms with Crippen LogP contribution >= 0.6 is 0 Å². The van der Waals surface area contributed by atoms with Crippen LogP contribution in [0.5, 0.6) is 0 Å². The van der Waals surface area contributed by atoms with Gasteiger partial charge in [-0.25, -0.2) is 18.7 Å². The fraction of sp³-hybridized carbons (Fsp3) is 0.464. The van der Waals surface area contributed by atoms with E-state index in [1.165, 1.54) is 37.3 Å². The first kappa shape index (κ1) is 21.8. The van der Waals surface area contributed by atoms with Crippen molar-refractivity contribution < 1.29 is 13.9 Å². The molecular weight excluding hydrogens is 432 g/mol. The van der Waals surface area contributed by atoms with Gasteiger partial charge in [-0.2, -0.15) is 0 Å². The maximum absolute atomic E-state index is 16.5. The van der Waals surface area contributed by atoms with Crippen LogP contribution in [0.2, 0.25) is 0 Å². The first-order valence-corrected chi connectivity index (χ1v) is 12.4. The molecule has 0 aliphatic heterocycles. The largest absolute Gasteiger partial charge is 0.388 e. The Balaban J connectivity index is 1.63. The molecule has 3 aliphatic rings. The monoisotopic (exact) mass is 461 g/mol. The minimum absolute atomic E-state index is 0.107. The third-order valence-electron chi connectivity index (χ3n) is 8.30. The van der Waals surface area contributed by atoms with Crippen LogP contribution in [0.3, 0.4) is 0 Å². The van der Waals surface area contributed by atoms with Gasteiger partial charge in [0.25, 0.3) is 0 Å². The van der Waals surface area contributed by atoms with E-state index in [1.807, 2.05) is 0 Å². The van der Waals surface area contributed by atoms with Crippen molar-refractivity contribution in [2.45, 2.75) is 76.0 Å². The second-order valence-corrected chi connectivity index (χ2v) is 10.4. The number of hydrogen-bond acceptors (Lipinski definition) is 4. The Morgan fingerprint density at radius 3 is 2.35 bits per heavy atom. The molecule has 0 amide bonds. The number of aromatic nitrogens is 3. The average Bonchev–Trinajstić information content (AvgIpc) is 3.37. The number of pyridine rings is 1. The minimum atomic E-state index is -1.48. The molecule has 176 valence electrons. The van der Waals surface area contributed by atoms with E-state index >= 15 is 4.39 Å². The Morgan fingerprint density at radius 1 is 1.00 bits per heavy atom. The highest BCUT2D eigenvalue weighted by Crippen LogP contribution is 2.56. The topological polar surface area (TPSA) is 58.9 Å². The zero-order chi connectivity index (χ0) is 23.3. The summed E-state index contributed by atoms with van der Waals surface area (Å²) in [4.78, 5) is 13.2. The molecule has 1 aromatic carbocycles. The van der Waals surface area contributed by atoms with Gasteiger partial charge >= 0.3 is 0 Å². The van der Waals surface area contributed by atoms with Crippen LogP contribution in [0.15, 0.2) is 43.0 Å². The summed E-state index contributed by atoms with van der Waals surface area (Å²) in [5, 5.41) is 11.4. The molecule has 4 nitrogen and oxygen atoms in total. The molecule has 2 aromatic heterocycles. The molecular formula is C28H29F2N3O. The molecule has 34 heavy (non-hydrogen) atoms. The summed E-state index contributed by atoms with van der Waals surface area (Å²) in [6, 6.07) is 6.20. The average molecular weight is 462 g/mol. The maximum Gasteiger partial charge on any atom is 0.156 e. The molecule has 0 saturated heterocycles. The molecule has 1 N–H and O–H groups in total. The normalized spacial score (nSPS) is 22.4. The van der Waals surface area contributed by atoms with E-state index in [1.54, 1.807) is 12.1 Å². The van der Waals surface area contributed by atoms with Crippen LogP contribution in [0.4, 0.5) is 8.78 Å². The molecule has 2 saturated carbocycles. The molecule has 3 aliphatic carbocycles. The van der Waals surface area contributed by atoms with E-state index in [2.05, 4.69) is 9.97 Å². The molecule has 3 aromatic rings. The first-order chi connectivity index (χ1) is 16.5. The van der Waals surface area contributed by atoms with Gasteiger partial charge in [-0.1, -0.05) is 31.4 Å². The standard InChI is InChI=1S/C28H29F2N3O/c29-20-8-6-17(7-9-20)23-24-21(12-28(10-3-11-28)13-22(24)34)33-27(18-4-1-2-5-18)25(23)26(30)19-14-31-16-32-15-19/h6-9,14-16,18,22,26,34H,1-5,10-13H2. The van der Waals surface area contributed by atoms with Crippen molar-refractivity contribution in [2.75, 3.05) is 0 Å². The molecule has 2 atom stereocenters. The summed E-state index contributed by atoms with van der Waals surface area (Å²) in [5.41, 5.74) is 4.80. The summed E-state index contributed by atoms with van der Waals surface area (Å²) in [7, 11) is 0. The van der Waals surface area contributed by atoms with Crippen molar-refractivity contribution in [1.82, 2.24) is 15.0 Å². The molecule has 0 bridgehead atoms. The van der Waals surface area contributed by atoms with E-state index in [0.29, 0.717) is 23.1 Å². The summed E-state index contributed by atoms with van der Waals surface area (Å²) >= 11 is 0. The zero-order valence-corrected chi connectivity index (χ0v) is 19.2. The minimum Gasteiger partial charge on any atom is -0.388 e. The van der Waals surface area contributed by atoms with Gasteiger partial charge in [0, 0.05) is 40.7 Å². The molecule has 2 unspecified atom stereocenters. The van der Waals surface area contributed by atoms with Gasteiger partial charge in [-0.3, -0.25) is 4.98 Å². The van der Waals surface area contributed by atoms with Crippen molar-refractivity contribution in [3.63, 3.8) is 0 Å². The molecule has 6 heteroatoms. The van der Waals surface area contributed by atoms with E-state index in [4.69, 9.17) is 4.98 Å². The summed E-state index contributed by atoms with van der Waals surface area (Å²) in [5.74, 6) is -0.162. The lowest BCUT2D eigenvalue weighted by Gasteiger charge is -2.47. The van der Waals surface area contributed by atoms with Crippen LogP contribution in [0.1, 0.15) is 97.6 Å². The highest BCUT2D eigenvalue weighted by Gasteiger charge is 2.46. The fourth-order valence-electron chi connectivity index (χ4n) is 6.48. The van der Waals surface area contributed by atoms with E-state index < -0.39 is 12.3 Å². The van der Waals surface area contributed by atoms with Gasteiger partial charge < -0.3 is 5.11 Å². The Labute approximate surface area is 198 Å². The Kier molecular flexibility index (Phi) is 5.44. The fourth-order valence-corrected chi connectivity index (χ4v) is 6.48. The van der Waals surface area contributed by atoms with E-state index in [-0.39, 0.29) is 17.2 Å². The van der Waals surface area contributed by atoms with Crippen molar-refractivity contribution in [3.05, 3.63) is 76.9 Å². The van der Waals surface area contributed by atoms with Crippen molar-refractivity contribution in [2.24, 2.45) is 5.41 Å². The Bertz CT molecular complexity index is 1190.